The molecule has 1 unspecified atom stereocenters. The van der Waals surface area contributed by atoms with Crippen molar-refractivity contribution in [1.29, 1.82) is 0 Å². The fourth-order valence-electron chi connectivity index (χ4n) is 2.94. The van der Waals surface area contributed by atoms with E-state index in [-0.39, 0.29) is 18.0 Å². The maximum Gasteiger partial charge on any atom is 0.407 e. The zero-order valence-corrected chi connectivity index (χ0v) is 14.5. The summed E-state index contributed by atoms with van der Waals surface area (Å²) in [5.41, 5.74) is 1.47. The standard InChI is InChI=1S/C17H21FN4O3/c1-17(2,3)25-16(24)19-4-5-22-20-13-8-11-6-10(9-23)7-12(11)14(18)15(13)21-22/h8-10H,4-7H2,1-3H3,(H,19,24). The fraction of sp³-hybridized carbons (Fsp3) is 0.529. The number of fused-ring (bicyclic) bond motifs is 2. The molecular formula is C17H21FN4O3. The number of aromatic nitrogens is 3. The first-order valence-corrected chi connectivity index (χ1v) is 8.24. The van der Waals surface area contributed by atoms with Crippen LogP contribution >= 0.6 is 0 Å². The molecule has 1 aliphatic rings. The van der Waals surface area contributed by atoms with Crippen LogP contribution in [-0.4, -0.2) is 39.5 Å². The predicted molar refractivity (Wildman–Crippen MR) is 88.7 cm³/mol. The largest absolute Gasteiger partial charge is 0.444 e. The van der Waals surface area contributed by atoms with Gasteiger partial charge in [0.2, 0.25) is 0 Å². The maximum absolute atomic E-state index is 14.6. The van der Waals surface area contributed by atoms with E-state index in [9.17, 15) is 14.0 Å². The van der Waals surface area contributed by atoms with Crippen molar-refractivity contribution in [3.8, 4) is 0 Å². The second-order valence-corrected chi connectivity index (χ2v) is 7.22. The fourth-order valence-corrected chi connectivity index (χ4v) is 2.94. The van der Waals surface area contributed by atoms with Gasteiger partial charge in [0.1, 0.15) is 22.9 Å². The van der Waals surface area contributed by atoms with Crippen LogP contribution in [0.15, 0.2) is 6.07 Å². The van der Waals surface area contributed by atoms with Gasteiger partial charge in [-0.3, -0.25) is 0 Å². The quantitative estimate of drug-likeness (QED) is 0.854. The molecule has 1 N–H and O–H groups in total. The summed E-state index contributed by atoms with van der Waals surface area (Å²) >= 11 is 0. The van der Waals surface area contributed by atoms with Gasteiger partial charge in [-0.05, 0) is 50.8 Å². The minimum Gasteiger partial charge on any atom is -0.444 e. The lowest BCUT2D eigenvalue weighted by Gasteiger charge is -2.19. The van der Waals surface area contributed by atoms with Gasteiger partial charge in [0.15, 0.2) is 5.82 Å². The zero-order valence-electron chi connectivity index (χ0n) is 14.5. The Balaban J connectivity index is 1.68. The predicted octanol–water partition coefficient (Wildman–Crippen LogP) is 2.01. The van der Waals surface area contributed by atoms with Gasteiger partial charge in [0.25, 0.3) is 0 Å². The molecule has 7 nitrogen and oxygen atoms in total. The van der Waals surface area contributed by atoms with Crippen LogP contribution in [-0.2, 0) is 28.9 Å². The van der Waals surface area contributed by atoms with Gasteiger partial charge in [0, 0.05) is 12.5 Å². The Kier molecular flexibility index (Phi) is 4.45. The maximum atomic E-state index is 14.6. The summed E-state index contributed by atoms with van der Waals surface area (Å²) < 4.78 is 19.7. The van der Waals surface area contributed by atoms with E-state index in [0.29, 0.717) is 30.5 Å². The lowest BCUT2D eigenvalue weighted by molar-refractivity contribution is -0.110. The van der Waals surface area contributed by atoms with Crippen molar-refractivity contribution in [1.82, 2.24) is 20.3 Å². The van der Waals surface area contributed by atoms with Gasteiger partial charge in [-0.25, -0.2) is 9.18 Å². The second kappa shape index (κ2) is 6.42. The highest BCUT2D eigenvalue weighted by atomic mass is 19.1. The van der Waals surface area contributed by atoms with E-state index in [1.165, 1.54) is 4.80 Å². The van der Waals surface area contributed by atoms with Crippen LogP contribution in [0.25, 0.3) is 11.0 Å². The van der Waals surface area contributed by atoms with Gasteiger partial charge in [0.05, 0.1) is 6.54 Å². The molecule has 25 heavy (non-hydrogen) atoms. The van der Waals surface area contributed by atoms with Crippen molar-refractivity contribution < 1.29 is 18.7 Å². The molecule has 134 valence electrons. The first kappa shape index (κ1) is 17.3. The molecule has 0 saturated carbocycles. The number of nitrogens with zero attached hydrogens (tertiary/aromatic N) is 3. The number of carbonyl (C=O) groups excluding carboxylic acids is 2. The van der Waals surface area contributed by atoms with Crippen molar-refractivity contribution in [3.63, 3.8) is 0 Å². The average molecular weight is 348 g/mol. The second-order valence-electron chi connectivity index (χ2n) is 7.22. The topological polar surface area (TPSA) is 86.1 Å². The van der Waals surface area contributed by atoms with Crippen LogP contribution in [0.2, 0.25) is 0 Å². The number of hydrogen-bond donors (Lipinski definition) is 1. The van der Waals surface area contributed by atoms with E-state index in [1.54, 1.807) is 26.8 Å². The zero-order chi connectivity index (χ0) is 18.2. The van der Waals surface area contributed by atoms with Gasteiger partial charge in [-0.1, -0.05) is 0 Å². The van der Waals surface area contributed by atoms with Crippen molar-refractivity contribution in [2.45, 2.75) is 45.8 Å². The van der Waals surface area contributed by atoms with Gasteiger partial charge >= 0.3 is 6.09 Å². The Morgan fingerprint density at radius 2 is 2.20 bits per heavy atom. The van der Waals surface area contributed by atoms with Gasteiger partial charge in [-0.15, -0.1) is 0 Å². The molecule has 0 aliphatic heterocycles. The molecule has 1 atom stereocenters. The number of ether oxygens (including phenoxy) is 1. The number of alkyl carbamates (subject to hydrolysis) is 1. The molecule has 0 saturated heterocycles. The minimum atomic E-state index is -0.564. The molecule has 1 heterocycles. The van der Waals surface area contributed by atoms with Crippen molar-refractivity contribution in [2.75, 3.05) is 6.54 Å². The monoisotopic (exact) mass is 348 g/mol. The summed E-state index contributed by atoms with van der Waals surface area (Å²) in [4.78, 5) is 23.9. The van der Waals surface area contributed by atoms with E-state index in [1.807, 2.05) is 0 Å². The lowest BCUT2D eigenvalue weighted by atomic mass is 10.1. The van der Waals surface area contributed by atoms with Crippen molar-refractivity contribution in [3.05, 3.63) is 23.0 Å². The summed E-state index contributed by atoms with van der Waals surface area (Å²) in [5.74, 6) is -0.565. The highest BCUT2D eigenvalue weighted by Gasteiger charge is 2.27. The third kappa shape index (κ3) is 3.78. The highest BCUT2D eigenvalue weighted by Crippen LogP contribution is 2.31. The summed E-state index contributed by atoms with van der Waals surface area (Å²) in [7, 11) is 0. The molecule has 0 fully saturated rings. The van der Waals surface area contributed by atoms with Crippen LogP contribution < -0.4 is 5.32 Å². The first-order chi connectivity index (χ1) is 11.8. The number of rotatable bonds is 4. The Labute approximate surface area is 144 Å². The van der Waals surface area contributed by atoms with Crippen LogP contribution in [0.3, 0.4) is 0 Å². The molecule has 0 spiro atoms. The van der Waals surface area contributed by atoms with Crippen LogP contribution in [0.5, 0.6) is 0 Å². The Morgan fingerprint density at radius 3 is 2.88 bits per heavy atom. The van der Waals surface area contributed by atoms with Crippen molar-refractivity contribution in [2.24, 2.45) is 5.92 Å². The number of hydrogen-bond acceptors (Lipinski definition) is 5. The third-order valence-corrected chi connectivity index (χ3v) is 3.97. The SMILES string of the molecule is CC(C)(C)OC(=O)NCCn1nc2cc3c(c(F)c2n1)CC(C=O)C3. The normalized spacial score (nSPS) is 16.7. The van der Waals surface area contributed by atoms with Crippen LogP contribution in [0.1, 0.15) is 31.9 Å². The summed E-state index contributed by atoms with van der Waals surface area (Å²) in [5, 5.41) is 11.0. The van der Waals surface area contributed by atoms with Crippen LogP contribution in [0.4, 0.5) is 9.18 Å². The molecule has 1 aromatic heterocycles. The molecule has 0 radical (unpaired) electrons. The van der Waals surface area contributed by atoms with Crippen molar-refractivity contribution >= 4 is 23.4 Å². The third-order valence-electron chi connectivity index (χ3n) is 3.97. The number of halogens is 1. The van der Waals surface area contributed by atoms with E-state index in [0.717, 1.165) is 11.8 Å². The molecular weight excluding hydrogens is 327 g/mol. The lowest BCUT2D eigenvalue weighted by Crippen LogP contribution is -2.34. The Morgan fingerprint density at radius 1 is 1.44 bits per heavy atom. The number of carbonyl (C=O) groups is 2. The van der Waals surface area contributed by atoms with Gasteiger partial charge in [-0.2, -0.15) is 15.0 Å². The molecule has 0 bridgehead atoms. The number of amides is 1. The number of aldehydes is 1. The van der Waals surface area contributed by atoms with E-state index < -0.39 is 17.5 Å². The average Bonchev–Trinajstić information content (AvgIpc) is 3.09. The summed E-state index contributed by atoms with van der Waals surface area (Å²) in [6.07, 6.45) is 1.30. The number of benzene rings is 1. The molecule has 1 amide bonds. The van der Waals surface area contributed by atoms with E-state index >= 15 is 0 Å². The van der Waals surface area contributed by atoms with Crippen LogP contribution in [0, 0.1) is 11.7 Å². The minimum absolute atomic E-state index is 0.166. The summed E-state index contributed by atoms with van der Waals surface area (Å²) in [6.45, 7) is 5.92. The first-order valence-electron chi connectivity index (χ1n) is 8.24. The Bertz CT molecular complexity index is 825. The highest BCUT2D eigenvalue weighted by molar-refractivity contribution is 5.78. The Hall–Kier alpha value is -2.51. The molecule has 2 aromatic rings. The molecule has 8 heteroatoms. The number of nitrogens with one attached hydrogen (secondary N) is 1. The molecule has 1 aromatic carbocycles. The smallest absolute Gasteiger partial charge is 0.407 e. The molecule has 1 aliphatic carbocycles. The molecule has 3 rings (SSSR count). The van der Waals surface area contributed by atoms with E-state index in [4.69, 9.17) is 4.74 Å². The van der Waals surface area contributed by atoms with E-state index in [2.05, 4.69) is 15.5 Å². The summed E-state index contributed by atoms with van der Waals surface area (Å²) in [6, 6.07) is 1.79. The van der Waals surface area contributed by atoms with Gasteiger partial charge < -0.3 is 14.8 Å².